The van der Waals surface area contributed by atoms with Gasteiger partial charge in [-0.3, -0.25) is 14.3 Å². The number of nitriles is 1. The Kier molecular flexibility index (Phi) is 45.1. The second-order valence-electron chi connectivity index (χ2n) is 16.6. The van der Waals surface area contributed by atoms with Crippen LogP contribution in [0.1, 0.15) is 240 Å². The van der Waals surface area contributed by atoms with Gasteiger partial charge in [-0.1, -0.05) is 194 Å². The number of hydrogen-bond acceptors (Lipinski definition) is 7. The number of nitrogens with one attached hydrogen (secondary N) is 1. The summed E-state index contributed by atoms with van der Waals surface area (Å²) >= 11 is 0. The van der Waals surface area contributed by atoms with Gasteiger partial charge < -0.3 is 14.9 Å². The first-order chi connectivity index (χ1) is 28.1. The maximum Gasteiger partial charge on any atom is 0.397 e. The fourth-order valence-corrected chi connectivity index (χ4v) is 7.83. The first-order valence-electron chi connectivity index (χ1n) is 24.4. The van der Waals surface area contributed by atoms with Crippen molar-refractivity contribution in [2.75, 3.05) is 45.9 Å². The van der Waals surface area contributed by atoms with Gasteiger partial charge in [-0.05, 0) is 39.0 Å². The van der Waals surface area contributed by atoms with Gasteiger partial charge in [0.15, 0.2) is 0 Å². The predicted octanol–water partition coefficient (Wildman–Crippen LogP) is 12.0. The van der Waals surface area contributed by atoms with E-state index in [0.717, 1.165) is 56.3 Å². The summed E-state index contributed by atoms with van der Waals surface area (Å²) in [4.78, 5) is 16.9. The molecule has 344 valence electrons. The summed E-state index contributed by atoms with van der Waals surface area (Å²) in [6.07, 6.45) is 41.4. The minimum atomic E-state index is -4.17. The Morgan fingerprint density at radius 2 is 1.00 bits per heavy atom. The highest BCUT2D eigenvalue weighted by Gasteiger charge is 2.24. The van der Waals surface area contributed by atoms with Crippen LogP contribution in [0.3, 0.4) is 0 Å². The van der Waals surface area contributed by atoms with Crippen molar-refractivity contribution in [3.63, 3.8) is 0 Å². The molecule has 0 aromatic carbocycles. The molecule has 0 saturated heterocycles. The largest absolute Gasteiger partial charge is 0.862 e. The van der Waals surface area contributed by atoms with Crippen LogP contribution < -0.4 is 10.4 Å². The lowest BCUT2D eigenvalue weighted by molar-refractivity contribution is -0.923. The van der Waals surface area contributed by atoms with E-state index in [1.807, 2.05) is 0 Å². The average molecular weight is 843 g/mol. The smallest absolute Gasteiger partial charge is 0.397 e. The molecule has 10 nitrogen and oxygen atoms in total. The van der Waals surface area contributed by atoms with Crippen LogP contribution in [-0.4, -0.2) is 75.1 Å². The van der Waals surface area contributed by atoms with Gasteiger partial charge in [-0.25, -0.2) is 4.18 Å². The van der Waals surface area contributed by atoms with Crippen LogP contribution in [0.4, 0.5) is 0 Å². The van der Waals surface area contributed by atoms with Crippen molar-refractivity contribution in [1.82, 2.24) is 5.32 Å². The van der Waals surface area contributed by atoms with E-state index in [-0.39, 0.29) is 18.4 Å². The molecule has 0 aliphatic heterocycles. The maximum absolute atomic E-state index is 12.5. The molecule has 1 unspecified atom stereocenters. The van der Waals surface area contributed by atoms with Gasteiger partial charge >= 0.3 is 10.4 Å². The lowest BCUT2D eigenvalue weighted by atomic mass is 10.0. The number of hydrogen-bond donors (Lipinski definition) is 2. The summed E-state index contributed by atoms with van der Waals surface area (Å²) in [6, 6.07) is 2.30. The molecule has 0 spiro atoms. The molecule has 2 N–H and O–H groups in total. The second kappa shape index (κ2) is 44.8. The van der Waals surface area contributed by atoms with E-state index < -0.39 is 10.4 Å². The molecule has 0 heterocycles. The SMILES string of the molecule is CCCCCCCCCCCCCCCCCC(=O)NCC[N+](CC)(CCC#N)CCN=C([O-])CCCCCCCCCCCCCCCCC.CCOS(=O)(=O)O. The number of quaternary nitrogens is 1. The Labute approximate surface area is 359 Å². The third-order valence-corrected chi connectivity index (χ3v) is 11.9. The van der Waals surface area contributed by atoms with E-state index in [9.17, 15) is 23.6 Å². The molecule has 0 aromatic rings. The molecule has 0 saturated carbocycles. The standard InChI is InChI=1S/C45H88N4O2.C2H6O4S/c1-4-7-9-11-13-15-17-19-21-23-25-27-29-31-33-36-44(50)47-39-42-49(6-3,41-35-38-46)43-40-48-45(51)37-34-32-30-28-26-24-22-20-18-16-14-12-10-8-5-2;1-2-6-7(3,4)5/h4-37,39-43H2,1-3H3,(H-,47,48,50,51);2H2,1H3,(H,3,4,5). The molecule has 0 aliphatic rings. The Balaban J connectivity index is 0. The van der Waals surface area contributed by atoms with Gasteiger partial charge in [-0.15, -0.1) is 0 Å². The summed E-state index contributed by atoms with van der Waals surface area (Å²) in [5, 5.41) is 24.9. The summed E-state index contributed by atoms with van der Waals surface area (Å²) in [5.41, 5.74) is 0. The van der Waals surface area contributed by atoms with E-state index in [0.29, 0.717) is 32.4 Å². The van der Waals surface area contributed by atoms with Crippen molar-refractivity contribution < 1.29 is 31.5 Å². The van der Waals surface area contributed by atoms with E-state index >= 15 is 0 Å². The van der Waals surface area contributed by atoms with Crippen LogP contribution in [0.15, 0.2) is 4.99 Å². The van der Waals surface area contributed by atoms with Gasteiger partial charge in [0, 0.05) is 6.42 Å². The van der Waals surface area contributed by atoms with Crippen LogP contribution in [0.25, 0.3) is 0 Å². The van der Waals surface area contributed by atoms with Crippen LogP contribution in [0.5, 0.6) is 0 Å². The lowest BCUT2D eigenvalue weighted by Crippen LogP contribution is -2.53. The topological polar surface area (TPSA) is 152 Å². The zero-order chi connectivity index (χ0) is 43.3. The number of aliphatic imine (C=N–C) groups is 1. The molecule has 0 radical (unpaired) electrons. The first-order valence-corrected chi connectivity index (χ1v) is 25.8. The van der Waals surface area contributed by atoms with Crippen molar-refractivity contribution in [2.24, 2.45) is 4.99 Å². The normalized spacial score (nSPS) is 12.8. The third kappa shape index (κ3) is 45.3. The molecule has 0 fully saturated rings. The molecule has 0 bridgehead atoms. The fraction of sp³-hybridized carbons (Fsp3) is 0.936. The number of carbonyl (C=O) groups excluding carboxylic acids is 1. The Bertz CT molecular complexity index is 1070. The van der Waals surface area contributed by atoms with Gasteiger partial charge in [0.2, 0.25) is 5.91 Å². The number of amides is 1. The highest BCUT2D eigenvalue weighted by Crippen LogP contribution is 2.16. The number of nitrogens with zero attached hydrogens (tertiary/aromatic N) is 3. The third-order valence-electron chi connectivity index (χ3n) is 11.4. The van der Waals surface area contributed by atoms with Crippen molar-refractivity contribution in [1.29, 1.82) is 5.26 Å². The molecule has 11 heteroatoms. The van der Waals surface area contributed by atoms with E-state index in [1.54, 1.807) is 0 Å². The number of rotatable bonds is 43. The zero-order valence-corrected chi connectivity index (χ0v) is 39.3. The summed E-state index contributed by atoms with van der Waals surface area (Å²) < 4.78 is 31.4. The molecule has 58 heavy (non-hydrogen) atoms. The summed E-state index contributed by atoms with van der Waals surface area (Å²) in [5.74, 6) is 0.165. The lowest BCUT2D eigenvalue weighted by Gasteiger charge is -2.37. The predicted molar refractivity (Wildman–Crippen MR) is 243 cm³/mol. The van der Waals surface area contributed by atoms with Crippen LogP contribution in [0, 0.1) is 11.3 Å². The van der Waals surface area contributed by atoms with Crippen molar-refractivity contribution >= 4 is 22.2 Å². The molecular weight excluding hydrogens is 749 g/mol. The van der Waals surface area contributed by atoms with Crippen molar-refractivity contribution in [2.45, 2.75) is 240 Å². The number of carbonyl (C=O) groups is 1. The molecule has 1 atom stereocenters. The fourth-order valence-electron chi connectivity index (χ4n) is 7.54. The van der Waals surface area contributed by atoms with Crippen LogP contribution in [-0.2, 0) is 19.4 Å². The molecule has 0 aromatic heterocycles. The van der Waals surface area contributed by atoms with E-state index in [4.69, 9.17) is 4.55 Å². The Hall–Kier alpha value is -1.74. The maximum atomic E-state index is 12.5. The molecule has 0 aliphatic carbocycles. The second-order valence-corrected chi connectivity index (χ2v) is 17.7. The summed E-state index contributed by atoms with van der Waals surface area (Å²) in [7, 11) is -4.17. The van der Waals surface area contributed by atoms with Crippen molar-refractivity contribution in [3.05, 3.63) is 0 Å². The monoisotopic (exact) mass is 843 g/mol. The highest BCUT2D eigenvalue weighted by atomic mass is 32.3. The van der Waals surface area contributed by atoms with Gasteiger partial charge in [-0.2, -0.15) is 13.7 Å². The van der Waals surface area contributed by atoms with Gasteiger partial charge in [0.25, 0.3) is 0 Å². The molecule has 1 amide bonds. The minimum Gasteiger partial charge on any atom is -0.862 e. The van der Waals surface area contributed by atoms with Crippen LogP contribution >= 0.6 is 0 Å². The summed E-state index contributed by atoms with van der Waals surface area (Å²) in [6.45, 7) is 12.4. The quantitative estimate of drug-likeness (QED) is 0.0204. The average Bonchev–Trinajstić information content (AvgIpc) is 3.19. The number of likely N-dealkylation sites (N-methyl/N-ethyl adjacent to an activating group) is 1. The Morgan fingerprint density at radius 3 is 1.33 bits per heavy atom. The first kappa shape index (κ1) is 58.4. The zero-order valence-electron chi connectivity index (χ0n) is 38.5. The van der Waals surface area contributed by atoms with Crippen LogP contribution in [0.2, 0.25) is 0 Å². The number of unbranched alkanes of at least 4 members (excludes halogenated alkanes) is 28. The van der Waals surface area contributed by atoms with Gasteiger partial charge in [0.05, 0.1) is 58.4 Å². The van der Waals surface area contributed by atoms with E-state index in [1.165, 1.54) is 174 Å². The highest BCUT2D eigenvalue weighted by molar-refractivity contribution is 7.80. The van der Waals surface area contributed by atoms with Gasteiger partial charge in [0.1, 0.15) is 0 Å². The Morgan fingerprint density at radius 1 is 0.621 bits per heavy atom. The van der Waals surface area contributed by atoms with E-state index in [2.05, 4.69) is 41.3 Å². The minimum absolute atomic E-state index is 0.0241. The molecule has 0 rings (SSSR count). The molecular formula is C47H94N4O6S. The van der Waals surface area contributed by atoms with Crippen molar-refractivity contribution in [3.8, 4) is 6.07 Å².